The highest BCUT2D eigenvalue weighted by Gasteiger charge is 2.15. The van der Waals surface area contributed by atoms with E-state index < -0.39 is 0 Å². The van der Waals surface area contributed by atoms with Gasteiger partial charge in [-0.3, -0.25) is 0 Å². The quantitative estimate of drug-likeness (QED) is 0.234. The van der Waals surface area contributed by atoms with Crippen LogP contribution in [0.3, 0.4) is 0 Å². The van der Waals surface area contributed by atoms with Crippen LogP contribution in [0.1, 0.15) is 107 Å². The van der Waals surface area contributed by atoms with E-state index in [0.717, 1.165) is 40.2 Å². The lowest BCUT2D eigenvalue weighted by Crippen LogP contribution is -2.06. The first-order chi connectivity index (χ1) is 18.9. The van der Waals surface area contributed by atoms with Gasteiger partial charge in [-0.2, -0.15) is 0 Å². The zero-order chi connectivity index (χ0) is 30.5. The molecule has 0 aliphatic carbocycles. The highest BCUT2D eigenvalue weighted by Crippen LogP contribution is 2.24. The molecule has 0 aliphatic rings. The summed E-state index contributed by atoms with van der Waals surface area (Å²) in [5.74, 6) is -0.573. The van der Waals surface area contributed by atoms with E-state index in [9.17, 15) is 9.59 Å². The van der Waals surface area contributed by atoms with Gasteiger partial charge in [-0.05, 0) is 86.1 Å². The van der Waals surface area contributed by atoms with Crippen LogP contribution in [0.15, 0.2) is 42.5 Å². The smallest absolute Gasteiger partial charge is 0.355 e. The number of aryl methyl sites for hydroxylation is 3. The Morgan fingerprint density at radius 3 is 1.75 bits per heavy atom. The predicted molar refractivity (Wildman–Crippen MR) is 168 cm³/mol. The molecule has 220 valence electrons. The predicted octanol–water partition coefficient (Wildman–Crippen LogP) is 9.20. The maximum Gasteiger partial charge on any atom is 0.355 e. The first kappa shape index (κ1) is 34.5. The number of H-pyrrole nitrogens is 2. The van der Waals surface area contributed by atoms with Gasteiger partial charge in [0.1, 0.15) is 11.4 Å². The number of ether oxygens (including phenoxy) is 2. The number of nitrogens with one attached hydrogen (secondary N) is 2. The fourth-order valence-corrected chi connectivity index (χ4v) is 3.72. The molecular weight excluding hydrogens is 500 g/mol. The molecule has 6 nitrogen and oxygen atoms in total. The summed E-state index contributed by atoms with van der Waals surface area (Å²) in [7, 11) is 0. The van der Waals surface area contributed by atoms with Crippen LogP contribution in [0.4, 0.5) is 0 Å². The maximum absolute atomic E-state index is 11.7. The number of carbonyl (C=O) groups excluding carboxylic acids is 2. The van der Waals surface area contributed by atoms with Crippen molar-refractivity contribution < 1.29 is 19.1 Å². The summed E-state index contributed by atoms with van der Waals surface area (Å²) >= 11 is 0. The zero-order valence-corrected chi connectivity index (χ0v) is 26.5. The molecule has 6 heteroatoms. The molecule has 0 aliphatic heterocycles. The van der Waals surface area contributed by atoms with Gasteiger partial charge in [0, 0.05) is 21.8 Å². The number of rotatable bonds is 6. The number of fused-ring (bicyclic) bond motifs is 2. The average Bonchev–Trinajstić information content (AvgIpc) is 3.50. The van der Waals surface area contributed by atoms with Crippen molar-refractivity contribution in [1.29, 1.82) is 0 Å². The molecule has 0 spiro atoms. The first-order valence-electron chi connectivity index (χ1n) is 14.5. The topological polar surface area (TPSA) is 84.2 Å². The highest BCUT2D eigenvalue weighted by atomic mass is 16.5. The van der Waals surface area contributed by atoms with Crippen molar-refractivity contribution in [2.45, 2.75) is 89.0 Å². The molecule has 0 atom stereocenters. The molecule has 2 aromatic carbocycles. The van der Waals surface area contributed by atoms with Crippen LogP contribution >= 0.6 is 0 Å². The third-order valence-electron chi connectivity index (χ3n) is 5.60. The van der Waals surface area contributed by atoms with Crippen molar-refractivity contribution in [2.75, 3.05) is 13.2 Å². The van der Waals surface area contributed by atoms with Crippen molar-refractivity contribution in [3.63, 3.8) is 0 Å². The molecule has 0 saturated carbocycles. The van der Waals surface area contributed by atoms with Crippen molar-refractivity contribution >= 4 is 33.7 Å². The highest BCUT2D eigenvalue weighted by molar-refractivity contribution is 5.98. The fourth-order valence-electron chi connectivity index (χ4n) is 3.72. The molecule has 2 N–H and O–H groups in total. The number of aromatic amines is 2. The summed E-state index contributed by atoms with van der Waals surface area (Å²) in [6.45, 7) is 23.3. The van der Waals surface area contributed by atoms with E-state index in [1.807, 2.05) is 45.9 Å². The molecule has 0 saturated heterocycles. The Morgan fingerprint density at radius 2 is 1.23 bits per heavy atom. The second kappa shape index (κ2) is 16.5. The monoisotopic (exact) mass is 550 g/mol. The molecule has 0 fully saturated rings. The van der Waals surface area contributed by atoms with Crippen molar-refractivity contribution in [1.82, 2.24) is 9.97 Å². The Kier molecular flexibility index (Phi) is 14.3. The van der Waals surface area contributed by atoms with Crippen molar-refractivity contribution in [3.8, 4) is 0 Å². The van der Waals surface area contributed by atoms with Crippen LogP contribution in [-0.4, -0.2) is 35.1 Å². The standard InChI is InChI=1S/C14H17NO2.C13H15NO2.C5H12.C2H6/c1-4-10-6-7-12-11(8-10)9(3)13(15-12)14(16)17-5-2;1-3-9-5-6-11-10(7-9)8-12(14-11)13(15)16-4-2;1-5(2,3)4;1-2/h6-8,15H,4-5H2,1-3H3;5-8,14H,3-4H2,1-2H3;1-4H3;1-2H3. The van der Waals surface area contributed by atoms with E-state index in [1.165, 1.54) is 11.1 Å². The summed E-state index contributed by atoms with van der Waals surface area (Å²) < 4.78 is 9.97. The Hall–Kier alpha value is -3.54. The Balaban J connectivity index is 0.000000326. The van der Waals surface area contributed by atoms with Gasteiger partial charge in [0.05, 0.1) is 13.2 Å². The Morgan fingerprint density at radius 1 is 0.725 bits per heavy atom. The summed E-state index contributed by atoms with van der Waals surface area (Å²) in [6, 6.07) is 14.2. The van der Waals surface area contributed by atoms with Crippen LogP contribution in [0, 0.1) is 12.3 Å². The lowest BCUT2D eigenvalue weighted by Gasteiger charge is -2.05. The van der Waals surface area contributed by atoms with Gasteiger partial charge in [-0.1, -0.05) is 67.5 Å². The first-order valence-corrected chi connectivity index (χ1v) is 14.5. The van der Waals surface area contributed by atoms with Gasteiger partial charge in [0.2, 0.25) is 0 Å². The van der Waals surface area contributed by atoms with Crippen LogP contribution in [0.5, 0.6) is 0 Å². The van der Waals surface area contributed by atoms with Gasteiger partial charge in [0.15, 0.2) is 0 Å². The lowest BCUT2D eigenvalue weighted by molar-refractivity contribution is 0.0510. The molecular formula is C34H50N2O4. The van der Waals surface area contributed by atoms with Gasteiger partial charge < -0.3 is 19.4 Å². The zero-order valence-electron chi connectivity index (χ0n) is 26.5. The van der Waals surface area contributed by atoms with Gasteiger partial charge in [0.25, 0.3) is 0 Å². The van der Waals surface area contributed by atoms with Crippen LogP contribution in [0.2, 0.25) is 0 Å². The van der Waals surface area contributed by atoms with Crippen molar-refractivity contribution in [3.05, 3.63) is 70.5 Å². The SMILES string of the molecule is CC.CC(C)(C)C.CCOC(=O)c1[nH]c2ccc(CC)cc2c1C.CCOC(=O)c1cc2cc(CC)ccc2[nH]1. The van der Waals surface area contributed by atoms with Crippen LogP contribution in [0.25, 0.3) is 21.8 Å². The van der Waals surface area contributed by atoms with Gasteiger partial charge in [-0.15, -0.1) is 0 Å². The second-order valence-corrected chi connectivity index (χ2v) is 10.8. The summed E-state index contributed by atoms with van der Waals surface area (Å²) in [4.78, 5) is 29.4. The van der Waals surface area contributed by atoms with E-state index in [4.69, 9.17) is 9.47 Å². The van der Waals surface area contributed by atoms with E-state index in [1.54, 1.807) is 6.92 Å². The summed E-state index contributed by atoms with van der Waals surface area (Å²) in [6.07, 6.45) is 1.99. The largest absolute Gasteiger partial charge is 0.461 e. The minimum atomic E-state index is -0.295. The van der Waals surface area contributed by atoms with E-state index >= 15 is 0 Å². The molecule has 2 aromatic heterocycles. The lowest BCUT2D eigenvalue weighted by atomic mass is 10.0. The summed E-state index contributed by atoms with van der Waals surface area (Å²) in [5.41, 5.74) is 7.05. The molecule has 0 bridgehead atoms. The normalized spacial score (nSPS) is 10.5. The Bertz CT molecular complexity index is 1350. The molecule has 40 heavy (non-hydrogen) atoms. The van der Waals surface area contributed by atoms with Crippen LogP contribution < -0.4 is 0 Å². The van der Waals surface area contributed by atoms with E-state index in [-0.39, 0.29) is 11.9 Å². The molecule has 0 amide bonds. The van der Waals surface area contributed by atoms with Gasteiger partial charge in [-0.25, -0.2) is 9.59 Å². The Labute approximate surface area is 240 Å². The molecule has 4 aromatic rings. The molecule has 0 unspecified atom stereocenters. The number of benzene rings is 2. The third kappa shape index (κ3) is 10.6. The van der Waals surface area contributed by atoms with E-state index in [0.29, 0.717) is 30.0 Å². The molecule has 0 radical (unpaired) electrons. The summed E-state index contributed by atoms with van der Waals surface area (Å²) in [5, 5.41) is 2.16. The second-order valence-electron chi connectivity index (χ2n) is 10.8. The average molecular weight is 551 g/mol. The number of esters is 2. The number of hydrogen-bond donors (Lipinski definition) is 2. The van der Waals surface area contributed by atoms with Crippen molar-refractivity contribution in [2.24, 2.45) is 5.41 Å². The molecule has 2 heterocycles. The minimum absolute atomic E-state index is 0.278. The maximum atomic E-state index is 11.7. The van der Waals surface area contributed by atoms with Crippen LogP contribution in [-0.2, 0) is 22.3 Å². The number of aromatic nitrogens is 2. The number of carbonyl (C=O) groups is 2. The fraction of sp³-hybridized carbons (Fsp3) is 0.471. The third-order valence-corrected chi connectivity index (χ3v) is 5.60. The van der Waals surface area contributed by atoms with Gasteiger partial charge >= 0.3 is 11.9 Å². The van der Waals surface area contributed by atoms with E-state index in [2.05, 4.69) is 75.8 Å². The molecule has 4 rings (SSSR count). The number of hydrogen-bond acceptors (Lipinski definition) is 4. The minimum Gasteiger partial charge on any atom is -0.461 e.